The molecule has 240 valence electrons. The molecular formula is C44H56SiZr. The Kier molecular flexibility index (Phi) is 6.77. The average molecular weight is 704 g/mol. The van der Waals surface area contributed by atoms with Crippen molar-refractivity contribution in [2.75, 3.05) is 0 Å². The van der Waals surface area contributed by atoms with Crippen LogP contribution in [-0.4, -0.2) is 6.88 Å². The van der Waals surface area contributed by atoms with E-state index in [0.29, 0.717) is 7.25 Å². The van der Waals surface area contributed by atoms with Crippen molar-refractivity contribution in [2.24, 2.45) is 0 Å². The van der Waals surface area contributed by atoms with Crippen LogP contribution in [0.4, 0.5) is 0 Å². The van der Waals surface area contributed by atoms with Crippen molar-refractivity contribution < 1.29 is 14.4 Å². The summed E-state index contributed by atoms with van der Waals surface area (Å²) in [6.45, 7) is 21.0. The molecule has 2 unspecified atom stereocenters. The standard InChI is InChI=1S/2C20H21.4CH3.H2Si.Zr/c2*1-14-12-16-6-5-7-18(19(16)13-14)15-8-10-17(11-9-15)20(2,3)4;;;;;;/h2*5-13H,1-4H3;4*1H3;1H2;. The van der Waals surface area contributed by atoms with E-state index in [9.17, 15) is 0 Å². The molecule has 0 saturated heterocycles. The van der Waals surface area contributed by atoms with E-state index in [4.69, 9.17) is 0 Å². The molecule has 0 spiro atoms. The molecule has 0 nitrogen and oxygen atoms in total. The molecule has 0 bridgehead atoms. The van der Waals surface area contributed by atoms with Gasteiger partial charge in [-0.2, -0.15) is 0 Å². The van der Waals surface area contributed by atoms with E-state index in [1.54, 1.807) is 0 Å². The second kappa shape index (κ2) is 9.33. The molecule has 2 heteroatoms. The fourth-order valence-electron chi connectivity index (χ4n) is 10.1. The molecule has 0 aliphatic heterocycles. The van der Waals surface area contributed by atoms with Crippen LogP contribution in [0, 0.1) is 0 Å². The van der Waals surface area contributed by atoms with Gasteiger partial charge in [-0.1, -0.05) is 0 Å². The van der Waals surface area contributed by atoms with E-state index in [0.717, 1.165) is 0 Å². The molecule has 46 heavy (non-hydrogen) atoms. The van der Waals surface area contributed by atoms with E-state index in [1.165, 1.54) is 66.8 Å². The quantitative estimate of drug-likeness (QED) is 0.186. The van der Waals surface area contributed by atoms with Gasteiger partial charge in [-0.15, -0.1) is 0 Å². The number of hydrogen-bond acceptors (Lipinski definition) is 0. The molecule has 0 fully saturated rings. The topological polar surface area (TPSA) is 0 Å². The Balaban J connectivity index is 1.50. The molecule has 0 heterocycles. The van der Waals surface area contributed by atoms with Gasteiger partial charge in [0.25, 0.3) is 0 Å². The van der Waals surface area contributed by atoms with Gasteiger partial charge >= 0.3 is 277 Å². The molecule has 0 amide bonds. The predicted molar refractivity (Wildman–Crippen MR) is 206 cm³/mol. The van der Waals surface area contributed by atoms with Crippen LogP contribution in [0.1, 0.15) is 96.0 Å². The Morgan fingerprint density at radius 3 is 1.13 bits per heavy atom. The first-order valence-electron chi connectivity index (χ1n) is 17.4. The number of benzene rings is 4. The molecule has 4 aromatic carbocycles. The summed E-state index contributed by atoms with van der Waals surface area (Å²) in [4.78, 5) is 0. The van der Waals surface area contributed by atoms with Gasteiger partial charge in [0.15, 0.2) is 0 Å². The molecule has 0 radical (unpaired) electrons. The molecule has 0 saturated carbocycles. The minimum absolute atomic E-state index is 0.147. The Labute approximate surface area is 275 Å². The Hall–Kier alpha value is -2.54. The number of hydrogen-bond donors (Lipinski definition) is 0. The first-order chi connectivity index (χ1) is 20.9. The molecule has 6 rings (SSSR count). The van der Waals surface area contributed by atoms with Gasteiger partial charge in [0, 0.05) is 0 Å². The summed E-state index contributed by atoms with van der Waals surface area (Å²) >= 11 is -4.80. The monoisotopic (exact) mass is 702 g/mol. The molecule has 2 atom stereocenters. The van der Waals surface area contributed by atoms with Crippen molar-refractivity contribution in [1.82, 2.24) is 0 Å². The number of allylic oxidation sites excluding steroid dienone is 2. The van der Waals surface area contributed by atoms with Crippen LogP contribution in [0.25, 0.3) is 34.4 Å². The first-order valence-corrected chi connectivity index (χ1v) is 36.0. The summed E-state index contributed by atoms with van der Waals surface area (Å²) in [5, 5.41) is 0. The summed E-state index contributed by atoms with van der Waals surface area (Å²) in [6.07, 6.45) is 5.07. The summed E-state index contributed by atoms with van der Waals surface area (Å²) in [7, 11) is 0. The Morgan fingerprint density at radius 2 is 0.826 bits per heavy atom. The Bertz CT molecular complexity index is 1940. The van der Waals surface area contributed by atoms with E-state index >= 15 is 0 Å². The molecule has 0 N–H and O–H groups in total. The van der Waals surface area contributed by atoms with Crippen molar-refractivity contribution in [2.45, 2.75) is 92.0 Å². The average Bonchev–Trinajstić information content (AvgIpc) is 3.49. The van der Waals surface area contributed by atoms with E-state index in [-0.39, 0.29) is 10.8 Å². The van der Waals surface area contributed by atoms with Crippen molar-refractivity contribution in [3.05, 3.63) is 129 Å². The van der Waals surface area contributed by atoms with Crippen LogP contribution in [0.15, 0.2) is 96.1 Å². The van der Waals surface area contributed by atoms with Crippen LogP contribution in [0.2, 0.25) is 18.5 Å². The number of fused-ring (bicyclic) bond motifs is 2. The summed E-state index contributed by atoms with van der Waals surface area (Å²) in [6, 6.07) is 32.8. The second-order valence-electron chi connectivity index (χ2n) is 21.2. The van der Waals surface area contributed by atoms with Crippen LogP contribution in [-0.2, 0) is 25.3 Å². The van der Waals surface area contributed by atoms with Crippen molar-refractivity contribution >= 4 is 19.0 Å². The first kappa shape index (κ1) is 33.4. The second-order valence-corrected chi connectivity index (χ2v) is 81.5. The van der Waals surface area contributed by atoms with Gasteiger partial charge in [-0.05, 0) is 0 Å². The third-order valence-electron chi connectivity index (χ3n) is 11.7. The van der Waals surface area contributed by atoms with Gasteiger partial charge in [0.05, 0.1) is 0 Å². The van der Waals surface area contributed by atoms with Gasteiger partial charge in [-0.25, -0.2) is 0 Å². The van der Waals surface area contributed by atoms with Gasteiger partial charge in [-0.3, -0.25) is 0 Å². The van der Waals surface area contributed by atoms with Crippen molar-refractivity contribution in [3.63, 3.8) is 0 Å². The van der Waals surface area contributed by atoms with Crippen LogP contribution in [0.5, 0.6) is 0 Å². The maximum atomic E-state index is 2.76. The molecular weight excluding hydrogens is 648 g/mol. The van der Waals surface area contributed by atoms with Gasteiger partial charge in [0.2, 0.25) is 0 Å². The fourth-order valence-corrected chi connectivity index (χ4v) is 38.9. The number of rotatable bonds is 4. The summed E-state index contributed by atoms with van der Waals surface area (Å²) in [5.74, 6) is 0. The fraction of sp³-hybridized carbons (Fsp3) is 0.364. The SMILES string of the molecule is CC1=Cc2c(-c3ccc(C(C)(C)C)cc3)cccc2[CH]1[Zr]([CH3])([CH3])([CH3])([CH3])(=[SiH2])[CH]1C(C)=Cc2c(-c3ccc(C(C)(C)C)cc3)cccc21. The van der Waals surface area contributed by atoms with Crippen molar-refractivity contribution in [3.8, 4) is 22.3 Å². The maximum absolute atomic E-state index is 4.80. The zero-order valence-corrected chi connectivity index (χ0v) is 34.5. The van der Waals surface area contributed by atoms with Gasteiger partial charge < -0.3 is 0 Å². The predicted octanol–water partition coefficient (Wildman–Crippen LogP) is 12.7. The third-order valence-corrected chi connectivity index (χ3v) is 35.3. The minimum atomic E-state index is -4.80. The Morgan fingerprint density at radius 1 is 0.500 bits per heavy atom. The van der Waals surface area contributed by atoms with Crippen LogP contribution in [0.3, 0.4) is 0 Å². The van der Waals surface area contributed by atoms with Crippen molar-refractivity contribution in [1.29, 1.82) is 0 Å². The van der Waals surface area contributed by atoms with Crippen LogP contribution >= 0.6 is 0 Å². The summed E-state index contributed by atoms with van der Waals surface area (Å²) < 4.78 is 11.8. The van der Waals surface area contributed by atoms with Crippen LogP contribution < -0.4 is 0 Å². The molecule has 2 aliphatic carbocycles. The van der Waals surface area contributed by atoms with E-state index in [1.807, 2.05) is 0 Å². The summed E-state index contributed by atoms with van der Waals surface area (Å²) in [5.41, 5.74) is 17.3. The molecule has 0 aromatic heterocycles. The molecule has 2 aliphatic rings. The zero-order valence-electron chi connectivity index (χ0n) is 30.6. The van der Waals surface area contributed by atoms with E-state index < -0.39 is 14.4 Å². The third kappa shape index (κ3) is 5.27. The molecule has 4 aromatic rings. The zero-order chi connectivity index (χ0) is 33.8. The normalized spacial score (nSPS) is 20.5. The van der Waals surface area contributed by atoms with Gasteiger partial charge in [0.1, 0.15) is 0 Å². The van der Waals surface area contributed by atoms with E-state index in [2.05, 4.69) is 178 Å².